The predicted molar refractivity (Wildman–Crippen MR) is 70.9 cm³/mol. The summed E-state index contributed by atoms with van der Waals surface area (Å²) in [6, 6.07) is 3.69. The smallest absolute Gasteiger partial charge is 0.416 e. The molecule has 0 aromatic heterocycles. The summed E-state index contributed by atoms with van der Waals surface area (Å²) in [7, 11) is 1.50. The fraction of sp³-hybridized carbons (Fsp3) is 0.357. The van der Waals surface area contributed by atoms with E-state index in [9.17, 15) is 22.7 Å². The van der Waals surface area contributed by atoms with Gasteiger partial charge in [0.05, 0.1) is 23.9 Å². The molecule has 1 aliphatic heterocycles. The van der Waals surface area contributed by atoms with Crippen molar-refractivity contribution in [3.63, 3.8) is 0 Å². The van der Waals surface area contributed by atoms with Crippen molar-refractivity contribution >= 4 is 11.4 Å². The molecule has 0 bridgehead atoms. The lowest BCUT2D eigenvalue weighted by Crippen LogP contribution is -2.31. The van der Waals surface area contributed by atoms with Gasteiger partial charge in [-0.2, -0.15) is 13.2 Å². The second-order valence-electron chi connectivity index (χ2n) is 4.79. The van der Waals surface area contributed by atoms with Gasteiger partial charge in [0.25, 0.3) is 0 Å². The fourth-order valence-corrected chi connectivity index (χ4v) is 2.37. The van der Waals surface area contributed by atoms with Crippen LogP contribution in [0.5, 0.6) is 0 Å². The standard InChI is InChI=1S/C14H14F4N2O/c1-20-10(5-6-15)12(21)11(13(20)19)8-3-2-4-9(7-8)14(16,17)18/h2-4,7,10,19,21H,5-6H2,1H3. The van der Waals surface area contributed by atoms with E-state index in [2.05, 4.69) is 0 Å². The average Bonchev–Trinajstić information content (AvgIpc) is 2.62. The number of nitrogens with zero attached hydrogens (tertiary/aromatic N) is 1. The molecule has 1 aliphatic rings. The summed E-state index contributed by atoms with van der Waals surface area (Å²) in [6.07, 6.45) is -4.52. The minimum Gasteiger partial charge on any atom is -0.509 e. The Morgan fingerprint density at radius 1 is 1.33 bits per heavy atom. The Morgan fingerprint density at radius 2 is 2.00 bits per heavy atom. The summed E-state index contributed by atoms with van der Waals surface area (Å²) in [6.45, 7) is -0.692. The number of rotatable bonds is 3. The van der Waals surface area contributed by atoms with Crippen LogP contribution in [-0.2, 0) is 6.18 Å². The van der Waals surface area contributed by atoms with Crippen LogP contribution in [0.4, 0.5) is 17.6 Å². The van der Waals surface area contributed by atoms with Crippen molar-refractivity contribution in [2.45, 2.75) is 18.6 Å². The first kappa shape index (κ1) is 15.3. The number of nitrogens with one attached hydrogen (secondary N) is 1. The van der Waals surface area contributed by atoms with Crippen molar-refractivity contribution < 1.29 is 22.7 Å². The van der Waals surface area contributed by atoms with E-state index < -0.39 is 24.5 Å². The van der Waals surface area contributed by atoms with Crippen LogP contribution in [0.15, 0.2) is 30.0 Å². The minimum atomic E-state index is -4.50. The number of alkyl halides is 4. The molecular formula is C14H14F4N2O. The third kappa shape index (κ3) is 2.72. The molecule has 7 heteroatoms. The van der Waals surface area contributed by atoms with Gasteiger partial charge in [-0.15, -0.1) is 0 Å². The molecule has 1 atom stereocenters. The second kappa shape index (κ2) is 5.38. The van der Waals surface area contributed by atoms with E-state index in [0.29, 0.717) is 0 Å². The molecule has 2 rings (SSSR count). The highest BCUT2D eigenvalue weighted by molar-refractivity contribution is 6.24. The lowest BCUT2D eigenvalue weighted by molar-refractivity contribution is -0.137. The van der Waals surface area contributed by atoms with Crippen LogP contribution in [0.1, 0.15) is 17.5 Å². The average molecular weight is 302 g/mol. The van der Waals surface area contributed by atoms with Crippen LogP contribution in [0.25, 0.3) is 5.57 Å². The number of likely N-dealkylation sites (N-methyl/N-ethyl adjacent to an activating group) is 1. The molecule has 2 N–H and O–H groups in total. The Bertz CT molecular complexity index is 595. The van der Waals surface area contributed by atoms with Crippen molar-refractivity contribution in [2.24, 2.45) is 0 Å². The molecule has 1 aromatic rings. The quantitative estimate of drug-likeness (QED) is 0.838. The fourth-order valence-electron chi connectivity index (χ4n) is 2.37. The van der Waals surface area contributed by atoms with E-state index in [1.165, 1.54) is 24.1 Å². The maximum absolute atomic E-state index is 12.7. The monoisotopic (exact) mass is 302 g/mol. The molecule has 114 valence electrons. The zero-order chi connectivity index (χ0) is 15.8. The van der Waals surface area contributed by atoms with Crippen molar-refractivity contribution in [1.29, 1.82) is 5.41 Å². The first-order valence-electron chi connectivity index (χ1n) is 6.26. The molecule has 0 spiro atoms. The lowest BCUT2D eigenvalue weighted by atomic mass is 10.0. The minimum absolute atomic E-state index is 0.0158. The van der Waals surface area contributed by atoms with E-state index >= 15 is 0 Å². The summed E-state index contributed by atoms with van der Waals surface area (Å²) >= 11 is 0. The van der Waals surface area contributed by atoms with E-state index in [0.717, 1.165) is 12.1 Å². The molecule has 0 radical (unpaired) electrons. The van der Waals surface area contributed by atoms with Crippen LogP contribution in [0, 0.1) is 5.41 Å². The number of halogens is 4. The van der Waals surface area contributed by atoms with E-state index in [1.54, 1.807) is 0 Å². The molecule has 21 heavy (non-hydrogen) atoms. The molecule has 0 saturated carbocycles. The maximum atomic E-state index is 12.7. The molecule has 0 aliphatic carbocycles. The van der Waals surface area contributed by atoms with Gasteiger partial charge in [-0.05, 0) is 17.7 Å². The molecule has 0 amide bonds. The van der Waals surface area contributed by atoms with Crippen LogP contribution in [0.3, 0.4) is 0 Å². The van der Waals surface area contributed by atoms with Crippen LogP contribution in [0.2, 0.25) is 0 Å². The number of aliphatic hydroxyl groups is 1. The third-order valence-corrected chi connectivity index (χ3v) is 3.49. The van der Waals surface area contributed by atoms with Gasteiger partial charge in [0, 0.05) is 13.5 Å². The summed E-state index contributed by atoms with van der Waals surface area (Å²) in [4.78, 5) is 1.35. The molecule has 0 saturated heterocycles. The molecular weight excluding hydrogens is 288 g/mol. The van der Waals surface area contributed by atoms with Gasteiger partial charge in [0.1, 0.15) is 11.6 Å². The van der Waals surface area contributed by atoms with Crippen molar-refractivity contribution in [1.82, 2.24) is 4.90 Å². The van der Waals surface area contributed by atoms with Crippen molar-refractivity contribution in [3.8, 4) is 0 Å². The molecule has 1 heterocycles. The predicted octanol–water partition coefficient (Wildman–Crippen LogP) is 3.63. The Kier molecular flexibility index (Phi) is 3.93. The number of amidine groups is 1. The van der Waals surface area contributed by atoms with Gasteiger partial charge < -0.3 is 10.0 Å². The Morgan fingerprint density at radius 3 is 2.57 bits per heavy atom. The maximum Gasteiger partial charge on any atom is 0.416 e. The molecule has 1 unspecified atom stereocenters. The zero-order valence-electron chi connectivity index (χ0n) is 11.2. The number of hydrogen-bond donors (Lipinski definition) is 2. The van der Waals surface area contributed by atoms with Gasteiger partial charge in [-0.25, -0.2) is 0 Å². The Balaban J connectivity index is 2.48. The van der Waals surface area contributed by atoms with Gasteiger partial charge in [0.15, 0.2) is 0 Å². The normalized spacial score (nSPS) is 19.6. The highest BCUT2D eigenvalue weighted by Gasteiger charge is 2.36. The van der Waals surface area contributed by atoms with E-state index in [1.807, 2.05) is 0 Å². The topological polar surface area (TPSA) is 47.3 Å². The number of aliphatic hydroxyl groups excluding tert-OH is 1. The Labute approximate surface area is 119 Å². The Hall–Kier alpha value is -2.05. The number of benzene rings is 1. The van der Waals surface area contributed by atoms with Crippen molar-refractivity contribution in [3.05, 3.63) is 41.2 Å². The molecule has 1 aromatic carbocycles. The first-order valence-corrected chi connectivity index (χ1v) is 6.26. The van der Waals surface area contributed by atoms with Gasteiger partial charge in [-0.1, -0.05) is 12.1 Å². The number of hydrogen-bond acceptors (Lipinski definition) is 2. The largest absolute Gasteiger partial charge is 0.509 e. The lowest BCUT2D eigenvalue weighted by Gasteiger charge is -2.20. The molecule has 0 fully saturated rings. The van der Waals surface area contributed by atoms with Crippen LogP contribution < -0.4 is 0 Å². The first-order chi connectivity index (χ1) is 9.77. The zero-order valence-corrected chi connectivity index (χ0v) is 11.2. The van der Waals surface area contributed by atoms with Crippen LogP contribution >= 0.6 is 0 Å². The van der Waals surface area contributed by atoms with Gasteiger partial charge in [0.2, 0.25) is 0 Å². The van der Waals surface area contributed by atoms with E-state index in [4.69, 9.17) is 5.41 Å². The summed E-state index contributed by atoms with van der Waals surface area (Å²) in [5.74, 6) is -0.384. The summed E-state index contributed by atoms with van der Waals surface area (Å²) in [5.41, 5.74) is -0.743. The summed E-state index contributed by atoms with van der Waals surface area (Å²) in [5, 5.41) is 18.0. The van der Waals surface area contributed by atoms with E-state index in [-0.39, 0.29) is 29.2 Å². The SMILES string of the molecule is CN1C(=N)C(c2cccc(C(F)(F)F)c2)=C(O)C1CCF. The van der Waals surface area contributed by atoms with Crippen molar-refractivity contribution in [2.75, 3.05) is 13.7 Å². The highest BCUT2D eigenvalue weighted by atomic mass is 19.4. The van der Waals surface area contributed by atoms with Gasteiger partial charge >= 0.3 is 6.18 Å². The van der Waals surface area contributed by atoms with Crippen LogP contribution in [-0.4, -0.2) is 35.6 Å². The second-order valence-corrected chi connectivity index (χ2v) is 4.79. The van der Waals surface area contributed by atoms with Gasteiger partial charge in [-0.3, -0.25) is 9.80 Å². The highest BCUT2D eigenvalue weighted by Crippen LogP contribution is 2.35. The summed E-state index contributed by atoms with van der Waals surface area (Å²) < 4.78 is 50.7. The third-order valence-electron chi connectivity index (χ3n) is 3.49. The molecule has 3 nitrogen and oxygen atoms in total.